The standard InChI is InChI=1S/C20H20N6O/c1-12-10-11-14-16(23-19(21-14)25(2)3)17-15(12)22-20(24-17)26(4)18(27)13-8-6-5-7-9-13/h5-11H,1-4H3,(H,21,23). The van der Waals surface area contributed by atoms with Crippen molar-refractivity contribution in [2.24, 2.45) is 0 Å². The first-order valence-electron chi connectivity index (χ1n) is 8.63. The van der Waals surface area contributed by atoms with E-state index in [-0.39, 0.29) is 5.91 Å². The molecule has 0 bridgehead atoms. The second-order valence-corrected chi connectivity index (χ2v) is 6.68. The largest absolute Gasteiger partial charge is 0.349 e. The number of carbonyl (C=O) groups is 1. The van der Waals surface area contributed by atoms with E-state index < -0.39 is 0 Å². The van der Waals surface area contributed by atoms with Crippen molar-refractivity contribution in [2.45, 2.75) is 6.92 Å². The Morgan fingerprint density at radius 3 is 2.33 bits per heavy atom. The average Bonchev–Trinajstić information content (AvgIpc) is 3.27. The molecule has 2 aromatic rings. The van der Waals surface area contributed by atoms with Gasteiger partial charge in [0, 0.05) is 26.7 Å². The number of amides is 1. The fourth-order valence-corrected chi connectivity index (χ4v) is 2.96. The van der Waals surface area contributed by atoms with Gasteiger partial charge >= 0.3 is 0 Å². The van der Waals surface area contributed by atoms with Crippen molar-refractivity contribution >= 4 is 28.8 Å². The lowest BCUT2D eigenvalue weighted by molar-refractivity contribution is 0.0991. The molecule has 1 amide bonds. The number of aromatic amines is 1. The number of carbonyl (C=O) groups excluding carboxylic acids is 1. The fraction of sp³-hybridized carbons (Fsp3) is 0.200. The van der Waals surface area contributed by atoms with Crippen molar-refractivity contribution in [1.29, 1.82) is 0 Å². The monoisotopic (exact) mass is 360 g/mol. The van der Waals surface area contributed by atoms with Gasteiger partial charge in [-0.15, -0.1) is 0 Å². The van der Waals surface area contributed by atoms with Crippen molar-refractivity contribution in [3.05, 3.63) is 53.6 Å². The Labute approximate surface area is 157 Å². The van der Waals surface area contributed by atoms with Gasteiger partial charge in [0.1, 0.15) is 11.2 Å². The van der Waals surface area contributed by atoms with E-state index in [1.165, 1.54) is 4.90 Å². The van der Waals surface area contributed by atoms with Crippen LogP contribution in [0.2, 0.25) is 0 Å². The SMILES string of the molecule is Cc1ccc2[nH]c(N(C)C)nc2c2nc(N(C)C(=O)c3ccccc3)nc1-2. The molecule has 27 heavy (non-hydrogen) atoms. The van der Waals surface area contributed by atoms with Gasteiger partial charge in [0.15, 0.2) is 0 Å². The number of aryl methyl sites for hydroxylation is 1. The molecule has 136 valence electrons. The van der Waals surface area contributed by atoms with Crippen LogP contribution in [0.5, 0.6) is 0 Å². The molecule has 1 N–H and O–H groups in total. The maximum Gasteiger partial charge on any atom is 0.260 e. The molecule has 1 aromatic heterocycles. The van der Waals surface area contributed by atoms with Crippen LogP contribution in [0, 0.1) is 6.92 Å². The molecule has 0 spiro atoms. The van der Waals surface area contributed by atoms with Crippen molar-refractivity contribution in [1.82, 2.24) is 19.9 Å². The molecule has 7 heteroatoms. The van der Waals surface area contributed by atoms with Gasteiger partial charge in [-0.3, -0.25) is 9.69 Å². The highest BCUT2D eigenvalue weighted by Crippen LogP contribution is 2.32. The van der Waals surface area contributed by atoms with E-state index in [1.54, 1.807) is 19.2 Å². The Kier molecular flexibility index (Phi) is 3.99. The molecule has 2 aliphatic rings. The first kappa shape index (κ1) is 17.0. The third kappa shape index (κ3) is 2.87. The van der Waals surface area contributed by atoms with Crippen LogP contribution < -0.4 is 9.80 Å². The van der Waals surface area contributed by atoms with Crippen LogP contribution >= 0.6 is 0 Å². The van der Waals surface area contributed by atoms with Gasteiger partial charge in [-0.25, -0.2) is 15.0 Å². The number of imidazole rings is 2. The smallest absolute Gasteiger partial charge is 0.260 e. The summed E-state index contributed by atoms with van der Waals surface area (Å²) >= 11 is 0. The predicted molar refractivity (Wildman–Crippen MR) is 107 cm³/mol. The van der Waals surface area contributed by atoms with Gasteiger partial charge in [0.2, 0.25) is 11.9 Å². The van der Waals surface area contributed by atoms with E-state index >= 15 is 0 Å². The summed E-state index contributed by atoms with van der Waals surface area (Å²) in [6.45, 7) is 1.98. The third-order valence-corrected chi connectivity index (χ3v) is 4.51. The Hall–Kier alpha value is -3.48. The van der Waals surface area contributed by atoms with E-state index in [2.05, 4.69) is 19.9 Å². The first-order chi connectivity index (χ1) is 13.0. The highest BCUT2D eigenvalue weighted by atomic mass is 16.2. The van der Waals surface area contributed by atoms with Gasteiger partial charge in [0.25, 0.3) is 5.91 Å². The van der Waals surface area contributed by atoms with Gasteiger partial charge in [-0.05, 0) is 30.7 Å². The summed E-state index contributed by atoms with van der Waals surface area (Å²) in [5.41, 5.74) is 4.60. The van der Waals surface area contributed by atoms with Crippen LogP contribution in [0.15, 0.2) is 42.5 Å². The van der Waals surface area contributed by atoms with Crippen LogP contribution in [-0.4, -0.2) is 47.0 Å². The number of rotatable bonds is 3. The number of nitrogens with one attached hydrogen (secondary N) is 1. The number of aromatic nitrogens is 4. The molecule has 1 aliphatic heterocycles. The van der Waals surface area contributed by atoms with Gasteiger partial charge in [0.05, 0.1) is 11.2 Å². The topological polar surface area (TPSA) is 78.0 Å². The highest BCUT2D eigenvalue weighted by molar-refractivity contribution is 6.05. The number of anilines is 2. The lowest BCUT2D eigenvalue weighted by atomic mass is 10.2. The van der Waals surface area contributed by atoms with E-state index in [0.717, 1.165) is 28.2 Å². The second kappa shape index (κ2) is 6.35. The molecular weight excluding hydrogens is 340 g/mol. The molecule has 0 atom stereocenters. The molecule has 1 aromatic carbocycles. The predicted octanol–water partition coefficient (Wildman–Crippen LogP) is 3.11. The zero-order valence-electron chi connectivity index (χ0n) is 15.7. The van der Waals surface area contributed by atoms with Crippen molar-refractivity contribution in [3.8, 4) is 11.4 Å². The maximum atomic E-state index is 12.7. The highest BCUT2D eigenvalue weighted by Gasteiger charge is 2.23. The molecule has 0 fully saturated rings. The quantitative estimate of drug-likeness (QED) is 0.607. The second-order valence-electron chi connectivity index (χ2n) is 6.68. The van der Waals surface area contributed by atoms with Crippen LogP contribution in [0.25, 0.3) is 22.4 Å². The molecule has 4 rings (SSSR count). The van der Waals surface area contributed by atoms with Crippen molar-refractivity contribution < 1.29 is 4.79 Å². The van der Waals surface area contributed by atoms with Crippen LogP contribution in [0.4, 0.5) is 11.9 Å². The molecule has 0 saturated carbocycles. The molecule has 2 heterocycles. The van der Waals surface area contributed by atoms with Crippen LogP contribution in [-0.2, 0) is 0 Å². The van der Waals surface area contributed by atoms with E-state index in [0.29, 0.717) is 17.2 Å². The number of hydrogen-bond donors (Lipinski definition) is 1. The fourth-order valence-electron chi connectivity index (χ4n) is 2.96. The Bertz CT molecular complexity index is 1100. The number of benzene rings is 1. The van der Waals surface area contributed by atoms with Gasteiger partial charge in [-0.1, -0.05) is 24.3 Å². The molecule has 0 radical (unpaired) electrons. The zero-order chi connectivity index (χ0) is 19.1. The Morgan fingerprint density at radius 2 is 1.63 bits per heavy atom. The first-order valence-corrected chi connectivity index (χ1v) is 8.63. The molecule has 0 saturated heterocycles. The number of nitrogens with zero attached hydrogens (tertiary/aromatic N) is 5. The molecule has 7 nitrogen and oxygen atoms in total. The minimum atomic E-state index is -0.153. The summed E-state index contributed by atoms with van der Waals surface area (Å²) in [6, 6.07) is 13.1. The van der Waals surface area contributed by atoms with E-state index in [9.17, 15) is 4.79 Å². The number of H-pyrrole nitrogens is 1. The Morgan fingerprint density at radius 1 is 0.926 bits per heavy atom. The lowest BCUT2D eigenvalue weighted by Crippen LogP contribution is -2.27. The summed E-state index contributed by atoms with van der Waals surface area (Å²) in [4.78, 5) is 33.4. The van der Waals surface area contributed by atoms with E-state index in [1.807, 2.05) is 56.3 Å². The average molecular weight is 360 g/mol. The van der Waals surface area contributed by atoms with Crippen molar-refractivity contribution in [3.63, 3.8) is 0 Å². The normalized spacial score (nSPS) is 11.1. The van der Waals surface area contributed by atoms with Crippen molar-refractivity contribution in [2.75, 3.05) is 30.9 Å². The van der Waals surface area contributed by atoms with Gasteiger partial charge in [-0.2, -0.15) is 0 Å². The van der Waals surface area contributed by atoms with Crippen LogP contribution in [0.1, 0.15) is 15.9 Å². The summed E-state index contributed by atoms with van der Waals surface area (Å²) in [5, 5.41) is 0. The third-order valence-electron chi connectivity index (χ3n) is 4.51. The molecule has 0 unspecified atom stereocenters. The lowest BCUT2D eigenvalue weighted by Gasteiger charge is -2.12. The van der Waals surface area contributed by atoms with Crippen LogP contribution in [0.3, 0.4) is 0 Å². The number of hydrogen-bond acceptors (Lipinski definition) is 5. The summed E-state index contributed by atoms with van der Waals surface area (Å²) < 4.78 is 0. The minimum Gasteiger partial charge on any atom is -0.349 e. The maximum absolute atomic E-state index is 12.7. The van der Waals surface area contributed by atoms with Gasteiger partial charge < -0.3 is 9.88 Å². The zero-order valence-corrected chi connectivity index (χ0v) is 15.7. The molecular formula is C20H20N6O. The number of fused-ring (bicyclic) bond motifs is 3. The molecule has 1 aliphatic carbocycles. The summed E-state index contributed by atoms with van der Waals surface area (Å²) in [6.07, 6.45) is 0. The summed E-state index contributed by atoms with van der Waals surface area (Å²) in [5.74, 6) is 0.956. The van der Waals surface area contributed by atoms with E-state index in [4.69, 9.17) is 0 Å². The Balaban J connectivity index is 1.85. The summed E-state index contributed by atoms with van der Waals surface area (Å²) in [7, 11) is 5.54. The minimum absolute atomic E-state index is 0.153.